The molecular weight excluding hydrogens is 317 g/mol. The second-order valence-electron chi connectivity index (χ2n) is 4.24. The summed E-state index contributed by atoms with van der Waals surface area (Å²) in [4.78, 5) is 6.11. The summed E-state index contributed by atoms with van der Waals surface area (Å²) in [5, 5.41) is 3.27. The number of aliphatic imine (C=N–C) groups is 1. The summed E-state index contributed by atoms with van der Waals surface area (Å²) in [6, 6.07) is 0. The van der Waals surface area contributed by atoms with Gasteiger partial charge in [-0.1, -0.05) is 0 Å². The third-order valence-corrected chi connectivity index (χ3v) is 2.43. The number of ether oxygens (including phenoxy) is 1. The molecule has 1 N–H and O–H groups in total. The van der Waals surface area contributed by atoms with Crippen molar-refractivity contribution in [2.45, 2.75) is 19.3 Å². The standard InChI is InChI=1S/C11H23N3O.HI/c1-12-11(14(2)3)13-7-4-8-15-9-10-5-6-10;/h10H,4-9H2,1-3H3,(H,12,13);1H. The third kappa shape index (κ3) is 7.27. The van der Waals surface area contributed by atoms with Crippen LogP contribution in [0.1, 0.15) is 19.3 Å². The lowest BCUT2D eigenvalue weighted by molar-refractivity contribution is 0.123. The molecule has 1 rings (SSSR count). The lowest BCUT2D eigenvalue weighted by Crippen LogP contribution is -2.37. The van der Waals surface area contributed by atoms with Crippen LogP contribution in [0.15, 0.2) is 4.99 Å². The van der Waals surface area contributed by atoms with Gasteiger partial charge < -0.3 is 15.0 Å². The zero-order chi connectivity index (χ0) is 11.1. The number of hydrogen-bond donors (Lipinski definition) is 1. The average Bonchev–Trinajstić information content (AvgIpc) is 3.00. The molecule has 0 amide bonds. The quantitative estimate of drug-likeness (QED) is 0.345. The molecule has 0 saturated heterocycles. The average molecular weight is 341 g/mol. The fourth-order valence-corrected chi connectivity index (χ4v) is 1.35. The first-order valence-electron chi connectivity index (χ1n) is 5.69. The maximum absolute atomic E-state index is 5.54. The molecule has 4 nitrogen and oxygen atoms in total. The van der Waals surface area contributed by atoms with E-state index in [1.165, 1.54) is 12.8 Å². The minimum atomic E-state index is 0. The molecule has 1 fully saturated rings. The highest BCUT2D eigenvalue weighted by Crippen LogP contribution is 2.28. The second kappa shape index (κ2) is 9.04. The zero-order valence-corrected chi connectivity index (χ0v) is 12.9. The van der Waals surface area contributed by atoms with Crippen molar-refractivity contribution >= 4 is 29.9 Å². The predicted octanol–water partition coefficient (Wildman–Crippen LogP) is 1.56. The van der Waals surface area contributed by atoms with E-state index in [1.54, 1.807) is 7.05 Å². The van der Waals surface area contributed by atoms with Crippen molar-refractivity contribution in [2.75, 3.05) is 40.9 Å². The number of guanidine groups is 1. The first-order valence-corrected chi connectivity index (χ1v) is 5.69. The van der Waals surface area contributed by atoms with E-state index in [4.69, 9.17) is 4.74 Å². The van der Waals surface area contributed by atoms with Gasteiger partial charge in [0.2, 0.25) is 0 Å². The van der Waals surface area contributed by atoms with Gasteiger partial charge in [-0.2, -0.15) is 0 Å². The van der Waals surface area contributed by atoms with Gasteiger partial charge in [-0.3, -0.25) is 4.99 Å². The van der Waals surface area contributed by atoms with Gasteiger partial charge in [0.25, 0.3) is 0 Å². The highest BCUT2D eigenvalue weighted by Gasteiger charge is 2.20. The first-order chi connectivity index (χ1) is 7.24. The summed E-state index contributed by atoms with van der Waals surface area (Å²) in [7, 11) is 5.77. The highest BCUT2D eigenvalue weighted by atomic mass is 127. The van der Waals surface area contributed by atoms with Gasteiger partial charge in [-0.25, -0.2) is 0 Å². The van der Waals surface area contributed by atoms with Crippen molar-refractivity contribution in [3.05, 3.63) is 0 Å². The van der Waals surface area contributed by atoms with Crippen molar-refractivity contribution in [1.29, 1.82) is 0 Å². The molecule has 1 saturated carbocycles. The Kier molecular flexibility index (Phi) is 9.02. The Morgan fingerprint density at radius 1 is 1.44 bits per heavy atom. The molecule has 1 aliphatic carbocycles. The van der Waals surface area contributed by atoms with E-state index < -0.39 is 0 Å². The van der Waals surface area contributed by atoms with Crippen LogP contribution in [0.25, 0.3) is 0 Å². The van der Waals surface area contributed by atoms with E-state index in [0.29, 0.717) is 0 Å². The molecule has 5 heteroatoms. The van der Waals surface area contributed by atoms with Crippen LogP contribution in [0.5, 0.6) is 0 Å². The fraction of sp³-hybridized carbons (Fsp3) is 0.909. The third-order valence-electron chi connectivity index (χ3n) is 2.43. The van der Waals surface area contributed by atoms with E-state index in [9.17, 15) is 0 Å². The Balaban J connectivity index is 0.00000225. The van der Waals surface area contributed by atoms with Gasteiger partial charge >= 0.3 is 0 Å². The molecule has 0 aromatic carbocycles. The maximum atomic E-state index is 5.54. The van der Waals surface area contributed by atoms with E-state index in [-0.39, 0.29) is 24.0 Å². The Bertz CT molecular complexity index is 205. The van der Waals surface area contributed by atoms with Crippen LogP contribution in [-0.4, -0.2) is 51.8 Å². The van der Waals surface area contributed by atoms with Crippen LogP contribution in [0.3, 0.4) is 0 Å². The molecular formula is C11H24IN3O. The number of nitrogens with one attached hydrogen (secondary N) is 1. The highest BCUT2D eigenvalue weighted by molar-refractivity contribution is 14.0. The van der Waals surface area contributed by atoms with Crippen LogP contribution in [-0.2, 0) is 4.74 Å². The summed E-state index contributed by atoms with van der Waals surface area (Å²) in [5.74, 6) is 1.80. The Labute approximate surface area is 116 Å². The van der Waals surface area contributed by atoms with E-state index in [2.05, 4.69) is 10.3 Å². The van der Waals surface area contributed by atoms with E-state index >= 15 is 0 Å². The van der Waals surface area contributed by atoms with Crippen molar-refractivity contribution in [3.8, 4) is 0 Å². The molecule has 0 unspecified atom stereocenters. The summed E-state index contributed by atoms with van der Waals surface area (Å²) < 4.78 is 5.54. The molecule has 96 valence electrons. The maximum Gasteiger partial charge on any atom is 0.193 e. The van der Waals surface area contributed by atoms with Crippen LogP contribution >= 0.6 is 24.0 Å². The molecule has 0 aromatic rings. The van der Waals surface area contributed by atoms with E-state index in [1.807, 2.05) is 19.0 Å². The largest absolute Gasteiger partial charge is 0.381 e. The van der Waals surface area contributed by atoms with Crippen LogP contribution in [0.2, 0.25) is 0 Å². The van der Waals surface area contributed by atoms with Gasteiger partial charge in [0.1, 0.15) is 0 Å². The lowest BCUT2D eigenvalue weighted by Gasteiger charge is -2.16. The second-order valence-corrected chi connectivity index (χ2v) is 4.24. The minimum Gasteiger partial charge on any atom is -0.381 e. The Morgan fingerprint density at radius 2 is 2.12 bits per heavy atom. The summed E-state index contributed by atoms with van der Waals surface area (Å²) in [6.45, 7) is 2.74. The number of halogens is 1. The van der Waals surface area contributed by atoms with Gasteiger partial charge in [0.15, 0.2) is 5.96 Å². The van der Waals surface area contributed by atoms with Gasteiger partial charge in [-0.05, 0) is 25.2 Å². The SMILES string of the molecule is CN=C(NCCCOCC1CC1)N(C)C.I. The van der Waals surface area contributed by atoms with Crippen LogP contribution < -0.4 is 5.32 Å². The molecule has 1 aliphatic rings. The monoisotopic (exact) mass is 341 g/mol. The number of nitrogens with zero attached hydrogens (tertiary/aromatic N) is 2. The summed E-state index contributed by atoms with van der Waals surface area (Å²) >= 11 is 0. The normalized spacial score (nSPS) is 15.6. The number of rotatable bonds is 6. The Hall–Kier alpha value is -0.0400. The molecule has 0 atom stereocenters. The molecule has 0 spiro atoms. The number of hydrogen-bond acceptors (Lipinski definition) is 2. The zero-order valence-electron chi connectivity index (χ0n) is 10.5. The summed E-state index contributed by atoms with van der Waals surface area (Å²) in [5.41, 5.74) is 0. The van der Waals surface area contributed by atoms with Crippen molar-refractivity contribution in [1.82, 2.24) is 10.2 Å². The smallest absolute Gasteiger partial charge is 0.193 e. The van der Waals surface area contributed by atoms with Crippen molar-refractivity contribution in [3.63, 3.8) is 0 Å². The molecule has 0 radical (unpaired) electrons. The molecule has 16 heavy (non-hydrogen) atoms. The molecule has 0 bridgehead atoms. The lowest BCUT2D eigenvalue weighted by atomic mass is 10.4. The molecule has 0 heterocycles. The summed E-state index contributed by atoms with van der Waals surface area (Å²) in [6.07, 6.45) is 3.77. The molecule has 0 aromatic heterocycles. The van der Waals surface area contributed by atoms with E-state index in [0.717, 1.165) is 38.1 Å². The Morgan fingerprint density at radius 3 is 2.62 bits per heavy atom. The van der Waals surface area contributed by atoms with Crippen molar-refractivity contribution < 1.29 is 4.74 Å². The predicted molar refractivity (Wildman–Crippen MR) is 78.6 cm³/mol. The van der Waals surface area contributed by atoms with Crippen molar-refractivity contribution in [2.24, 2.45) is 10.9 Å². The van der Waals surface area contributed by atoms with Gasteiger partial charge in [0, 0.05) is 40.9 Å². The molecule has 0 aliphatic heterocycles. The first kappa shape index (κ1) is 16.0. The van der Waals surface area contributed by atoms with Gasteiger partial charge in [-0.15, -0.1) is 24.0 Å². The van der Waals surface area contributed by atoms with Crippen LogP contribution in [0, 0.1) is 5.92 Å². The minimum absolute atomic E-state index is 0. The topological polar surface area (TPSA) is 36.9 Å². The van der Waals surface area contributed by atoms with Crippen LogP contribution in [0.4, 0.5) is 0 Å². The van der Waals surface area contributed by atoms with Gasteiger partial charge in [0.05, 0.1) is 0 Å². The fourth-order valence-electron chi connectivity index (χ4n) is 1.35.